The van der Waals surface area contributed by atoms with Crippen molar-refractivity contribution in [2.24, 2.45) is 0 Å². The molecule has 1 aromatic carbocycles. The number of pyridine rings is 1. The molecule has 0 saturated carbocycles. The number of benzene rings is 1. The zero-order chi connectivity index (χ0) is 15.0. The summed E-state index contributed by atoms with van der Waals surface area (Å²) >= 11 is 5.85. The summed E-state index contributed by atoms with van der Waals surface area (Å²) in [5.74, 6) is 0.143. The third-order valence-corrected chi connectivity index (χ3v) is 5.65. The summed E-state index contributed by atoms with van der Waals surface area (Å²) in [4.78, 5) is 4.05. The number of anilines is 1. The van der Waals surface area contributed by atoms with E-state index in [4.69, 9.17) is 11.6 Å². The molecular weight excluding hydrogens is 308 g/mol. The second-order valence-electron chi connectivity index (χ2n) is 5.13. The van der Waals surface area contributed by atoms with Crippen LogP contribution in [-0.2, 0) is 23.0 Å². The Morgan fingerprint density at radius 2 is 2.10 bits per heavy atom. The van der Waals surface area contributed by atoms with Gasteiger partial charge in [0, 0.05) is 6.20 Å². The van der Waals surface area contributed by atoms with E-state index < -0.39 is 10.0 Å². The van der Waals surface area contributed by atoms with E-state index in [0.29, 0.717) is 11.6 Å². The predicted octanol–water partition coefficient (Wildman–Crippen LogP) is 2.94. The summed E-state index contributed by atoms with van der Waals surface area (Å²) < 4.78 is 26.3. The number of halogens is 1. The summed E-state index contributed by atoms with van der Waals surface area (Å²) in [6, 6.07) is 9.37. The van der Waals surface area contributed by atoms with Crippen molar-refractivity contribution in [2.45, 2.75) is 19.9 Å². The third kappa shape index (κ3) is 2.76. The van der Waals surface area contributed by atoms with E-state index in [-0.39, 0.29) is 12.3 Å². The first-order chi connectivity index (χ1) is 9.97. The minimum Gasteiger partial charge on any atom is -0.265 e. The van der Waals surface area contributed by atoms with Gasteiger partial charge in [-0.25, -0.2) is 13.4 Å². The molecule has 2 heterocycles. The van der Waals surface area contributed by atoms with Crippen LogP contribution >= 0.6 is 11.6 Å². The number of hydrogen-bond donors (Lipinski definition) is 0. The van der Waals surface area contributed by atoms with Gasteiger partial charge < -0.3 is 0 Å². The maximum Gasteiger partial charge on any atom is 0.235 e. The Labute approximate surface area is 129 Å². The standard InChI is InChI=1S/C15H15ClN2O2S/c1-11-8-15(16)17-9-13(11)10-18-14-5-3-2-4-12(14)6-7-21(18,19)20/h2-5,8-9H,6-7,10H2,1H3. The molecule has 4 nitrogen and oxygen atoms in total. The molecule has 1 aliphatic heterocycles. The molecule has 0 bridgehead atoms. The van der Waals surface area contributed by atoms with Gasteiger partial charge in [0.15, 0.2) is 0 Å². The number of rotatable bonds is 2. The lowest BCUT2D eigenvalue weighted by atomic mass is 10.1. The highest BCUT2D eigenvalue weighted by Gasteiger charge is 2.29. The molecule has 0 spiro atoms. The molecular formula is C15H15ClN2O2S. The maximum absolute atomic E-state index is 12.4. The monoisotopic (exact) mass is 322 g/mol. The number of para-hydroxylation sites is 1. The summed E-state index contributed by atoms with van der Waals surface area (Å²) in [6.07, 6.45) is 2.21. The highest BCUT2D eigenvalue weighted by molar-refractivity contribution is 7.92. The molecule has 1 aliphatic rings. The van der Waals surface area contributed by atoms with Gasteiger partial charge in [-0.3, -0.25) is 4.31 Å². The van der Waals surface area contributed by atoms with E-state index in [0.717, 1.165) is 22.4 Å². The largest absolute Gasteiger partial charge is 0.265 e. The Bertz CT molecular complexity index is 790. The first-order valence-corrected chi connectivity index (χ1v) is 8.65. The third-order valence-electron chi connectivity index (χ3n) is 3.73. The Morgan fingerprint density at radius 1 is 1.33 bits per heavy atom. The van der Waals surface area contributed by atoms with Gasteiger partial charge >= 0.3 is 0 Å². The molecule has 110 valence electrons. The van der Waals surface area contributed by atoms with E-state index in [1.165, 1.54) is 4.31 Å². The quantitative estimate of drug-likeness (QED) is 0.799. The van der Waals surface area contributed by atoms with Crippen molar-refractivity contribution in [3.8, 4) is 0 Å². The average molecular weight is 323 g/mol. The smallest absolute Gasteiger partial charge is 0.235 e. The number of aryl methyl sites for hydroxylation is 2. The molecule has 0 aliphatic carbocycles. The molecule has 21 heavy (non-hydrogen) atoms. The summed E-state index contributed by atoms with van der Waals surface area (Å²) in [6.45, 7) is 2.20. The van der Waals surface area contributed by atoms with Crippen molar-refractivity contribution in [1.29, 1.82) is 0 Å². The molecule has 1 aromatic heterocycles. The fourth-order valence-corrected chi connectivity index (χ4v) is 4.24. The lowest BCUT2D eigenvalue weighted by Gasteiger charge is -2.31. The van der Waals surface area contributed by atoms with Gasteiger partial charge in [-0.2, -0.15) is 0 Å². The Morgan fingerprint density at radius 3 is 2.86 bits per heavy atom. The molecule has 0 saturated heterocycles. The zero-order valence-corrected chi connectivity index (χ0v) is 13.2. The summed E-state index contributed by atoms with van der Waals surface area (Å²) in [5, 5.41) is 0.415. The van der Waals surface area contributed by atoms with Crippen LogP contribution in [0.4, 0.5) is 5.69 Å². The fourth-order valence-electron chi connectivity index (χ4n) is 2.52. The number of aromatic nitrogens is 1. The van der Waals surface area contributed by atoms with Crippen molar-refractivity contribution in [3.63, 3.8) is 0 Å². The number of hydrogen-bond acceptors (Lipinski definition) is 3. The van der Waals surface area contributed by atoms with Crippen molar-refractivity contribution in [2.75, 3.05) is 10.1 Å². The number of nitrogens with zero attached hydrogens (tertiary/aromatic N) is 2. The Kier molecular flexibility index (Phi) is 3.63. The zero-order valence-electron chi connectivity index (χ0n) is 11.6. The molecule has 6 heteroatoms. The second-order valence-corrected chi connectivity index (χ2v) is 7.53. The first kappa shape index (κ1) is 14.4. The van der Waals surface area contributed by atoms with Crippen LogP contribution in [-0.4, -0.2) is 19.2 Å². The van der Waals surface area contributed by atoms with Crippen LogP contribution in [0.15, 0.2) is 36.5 Å². The molecule has 0 atom stereocenters. The topological polar surface area (TPSA) is 50.3 Å². The second kappa shape index (κ2) is 5.31. The minimum absolute atomic E-state index is 0.143. The van der Waals surface area contributed by atoms with Crippen molar-refractivity contribution < 1.29 is 8.42 Å². The van der Waals surface area contributed by atoms with Crippen LogP contribution < -0.4 is 4.31 Å². The van der Waals surface area contributed by atoms with Crippen LogP contribution in [0.25, 0.3) is 0 Å². The normalized spacial score (nSPS) is 16.6. The highest BCUT2D eigenvalue weighted by atomic mass is 35.5. The molecule has 0 amide bonds. The molecule has 0 N–H and O–H groups in total. The molecule has 0 unspecified atom stereocenters. The van der Waals surface area contributed by atoms with E-state index in [1.807, 2.05) is 31.2 Å². The van der Waals surface area contributed by atoms with E-state index in [9.17, 15) is 8.42 Å². The van der Waals surface area contributed by atoms with E-state index >= 15 is 0 Å². The number of sulfonamides is 1. The van der Waals surface area contributed by atoms with Crippen molar-refractivity contribution in [3.05, 3.63) is 58.4 Å². The van der Waals surface area contributed by atoms with Crippen LogP contribution in [0, 0.1) is 6.92 Å². The predicted molar refractivity (Wildman–Crippen MR) is 84.1 cm³/mol. The fraction of sp³-hybridized carbons (Fsp3) is 0.267. The van der Waals surface area contributed by atoms with Gasteiger partial charge in [0.25, 0.3) is 0 Å². The van der Waals surface area contributed by atoms with Crippen molar-refractivity contribution in [1.82, 2.24) is 4.98 Å². The molecule has 3 rings (SSSR count). The maximum atomic E-state index is 12.4. The summed E-state index contributed by atoms with van der Waals surface area (Å²) in [7, 11) is -3.29. The number of fused-ring (bicyclic) bond motifs is 1. The minimum atomic E-state index is -3.29. The summed E-state index contributed by atoms with van der Waals surface area (Å²) in [5.41, 5.74) is 3.62. The van der Waals surface area contributed by atoms with Crippen LogP contribution in [0.3, 0.4) is 0 Å². The lowest BCUT2D eigenvalue weighted by molar-refractivity contribution is 0.586. The SMILES string of the molecule is Cc1cc(Cl)ncc1CN1c2ccccc2CCS1(=O)=O. The van der Waals surface area contributed by atoms with Gasteiger partial charge in [0.1, 0.15) is 5.15 Å². The van der Waals surface area contributed by atoms with E-state index in [2.05, 4.69) is 4.98 Å². The molecule has 2 aromatic rings. The molecule has 0 radical (unpaired) electrons. The van der Waals surface area contributed by atoms with Gasteiger partial charge in [-0.05, 0) is 42.2 Å². The van der Waals surface area contributed by atoms with Gasteiger partial charge in [0.2, 0.25) is 10.0 Å². The van der Waals surface area contributed by atoms with Crippen LogP contribution in [0.2, 0.25) is 5.15 Å². The highest BCUT2D eigenvalue weighted by Crippen LogP contribution is 2.31. The lowest BCUT2D eigenvalue weighted by Crippen LogP contribution is -2.37. The van der Waals surface area contributed by atoms with Gasteiger partial charge in [-0.1, -0.05) is 29.8 Å². The van der Waals surface area contributed by atoms with Gasteiger partial charge in [0.05, 0.1) is 18.0 Å². The van der Waals surface area contributed by atoms with E-state index in [1.54, 1.807) is 12.3 Å². The van der Waals surface area contributed by atoms with Crippen LogP contribution in [0.1, 0.15) is 16.7 Å². The van der Waals surface area contributed by atoms with Crippen molar-refractivity contribution >= 4 is 27.3 Å². The first-order valence-electron chi connectivity index (χ1n) is 6.67. The Balaban J connectivity index is 2.03. The van der Waals surface area contributed by atoms with Gasteiger partial charge in [-0.15, -0.1) is 0 Å². The molecule has 0 fully saturated rings. The average Bonchev–Trinajstić information content (AvgIpc) is 2.44. The van der Waals surface area contributed by atoms with Crippen LogP contribution in [0.5, 0.6) is 0 Å². The Hall–Kier alpha value is -1.59.